The number of anilines is 1. The number of hydrazone groups is 1. The molecule has 3 aromatic carbocycles. The number of nitrogens with one attached hydrogen (secondary N) is 2. The standard InChI is InChI=1S/C25H22Cl3N3O3/c1-16(30-31-24(32)3-2-14-34-23-13-10-20(27)15-22(23)28)17-6-11-21(12-7-17)29-25(33)18-4-8-19(26)9-5-18/h4-13,15H,2-3,14H2,1H3,(H,29,33)(H,31,32)/b30-16-. The highest BCUT2D eigenvalue weighted by molar-refractivity contribution is 6.35. The van der Waals surface area contributed by atoms with Gasteiger partial charge in [0.2, 0.25) is 5.91 Å². The zero-order chi connectivity index (χ0) is 24.5. The Labute approximate surface area is 212 Å². The van der Waals surface area contributed by atoms with Crippen LogP contribution in [0.4, 0.5) is 5.69 Å². The number of nitrogens with zero attached hydrogens (tertiary/aromatic N) is 1. The predicted molar refractivity (Wildman–Crippen MR) is 137 cm³/mol. The van der Waals surface area contributed by atoms with Gasteiger partial charge in [0.25, 0.3) is 5.91 Å². The maximum atomic E-state index is 12.3. The van der Waals surface area contributed by atoms with Gasteiger partial charge in [-0.25, -0.2) is 5.43 Å². The number of benzene rings is 3. The first-order valence-electron chi connectivity index (χ1n) is 10.4. The topological polar surface area (TPSA) is 79.8 Å². The summed E-state index contributed by atoms with van der Waals surface area (Å²) in [7, 11) is 0. The lowest BCUT2D eigenvalue weighted by Crippen LogP contribution is -2.19. The van der Waals surface area contributed by atoms with Crippen LogP contribution in [0.3, 0.4) is 0 Å². The summed E-state index contributed by atoms with van der Waals surface area (Å²) in [5, 5.41) is 8.49. The maximum Gasteiger partial charge on any atom is 0.255 e. The van der Waals surface area contributed by atoms with Crippen LogP contribution in [0.1, 0.15) is 35.7 Å². The first-order chi connectivity index (χ1) is 16.3. The van der Waals surface area contributed by atoms with Crippen molar-refractivity contribution in [3.8, 4) is 5.75 Å². The van der Waals surface area contributed by atoms with E-state index in [1.165, 1.54) is 0 Å². The molecule has 0 unspecified atom stereocenters. The fourth-order valence-corrected chi connectivity index (χ4v) is 3.46. The Bertz CT molecular complexity index is 1180. The van der Waals surface area contributed by atoms with E-state index in [0.717, 1.165) is 5.56 Å². The summed E-state index contributed by atoms with van der Waals surface area (Å²) < 4.78 is 5.57. The van der Waals surface area contributed by atoms with Gasteiger partial charge in [-0.15, -0.1) is 0 Å². The molecule has 0 fully saturated rings. The molecule has 3 rings (SSSR count). The third kappa shape index (κ3) is 7.76. The molecule has 2 N–H and O–H groups in total. The highest BCUT2D eigenvalue weighted by atomic mass is 35.5. The van der Waals surface area contributed by atoms with Crippen molar-refractivity contribution in [2.45, 2.75) is 19.8 Å². The molecule has 0 aliphatic heterocycles. The van der Waals surface area contributed by atoms with Crippen molar-refractivity contribution in [2.24, 2.45) is 5.10 Å². The van der Waals surface area contributed by atoms with Crippen molar-refractivity contribution in [1.29, 1.82) is 0 Å². The number of hydrogen-bond acceptors (Lipinski definition) is 4. The zero-order valence-corrected chi connectivity index (χ0v) is 20.5. The van der Waals surface area contributed by atoms with E-state index >= 15 is 0 Å². The molecule has 0 atom stereocenters. The van der Waals surface area contributed by atoms with Crippen molar-refractivity contribution in [3.63, 3.8) is 0 Å². The number of ether oxygens (including phenoxy) is 1. The predicted octanol–water partition coefficient (Wildman–Crippen LogP) is 6.60. The fourth-order valence-electron chi connectivity index (χ4n) is 2.87. The Hall–Kier alpha value is -3.06. The van der Waals surface area contributed by atoms with E-state index in [-0.39, 0.29) is 18.2 Å². The van der Waals surface area contributed by atoms with E-state index in [0.29, 0.717) is 50.8 Å². The highest BCUT2D eigenvalue weighted by Gasteiger charge is 2.07. The van der Waals surface area contributed by atoms with Crippen LogP contribution in [0.25, 0.3) is 0 Å². The van der Waals surface area contributed by atoms with E-state index in [2.05, 4.69) is 15.8 Å². The van der Waals surface area contributed by atoms with Gasteiger partial charge in [0.05, 0.1) is 17.3 Å². The van der Waals surface area contributed by atoms with Gasteiger partial charge in [0.1, 0.15) is 5.75 Å². The summed E-state index contributed by atoms with van der Waals surface area (Å²) in [5.41, 5.74) is 5.13. The molecule has 0 aromatic heterocycles. The molecule has 0 spiro atoms. The Morgan fingerprint density at radius 3 is 2.21 bits per heavy atom. The van der Waals surface area contributed by atoms with Gasteiger partial charge in [0, 0.05) is 27.7 Å². The first-order valence-corrected chi connectivity index (χ1v) is 11.5. The molecule has 0 saturated heterocycles. The van der Waals surface area contributed by atoms with Gasteiger partial charge in [0.15, 0.2) is 0 Å². The van der Waals surface area contributed by atoms with Crippen LogP contribution < -0.4 is 15.5 Å². The van der Waals surface area contributed by atoms with Gasteiger partial charge in [-0.3, -0.25) is 9.59 Å². The lowest BCUT2D eigenvalue weighted by atomic mass is 10.1. The van der Waals surface area contributed by atoms with Crippen LogP contribution in [0.2, 0.25) is 15.1 Å². The Balaban J connectivity index is 1.43. The molecule has 0 aliphatic rings. The van der Waals surface area contributed by atoms with E-state index < -0.39 is 0 Å². The summed E-state index contributed by atoms with van der Waals surface area (Å²) >= 11 is 17.8. The fraction of sp³-hybridized carbons (Fsp3) is 0.160. The molecule has 176 valence electrons. The average Bonchev–Trinajstić information content (AvgIpc) is 2.82. The number of carbonyl (C=O) groups is 2. The molecule has 2 amide bonds. The molecule has 9 heteroatoms. The minimum absolute atomic E-state index is 0.225. The minimum atomic E-state index is -0.232. The molecule has 0 bridgehead atoms. The molecular formula is C25H22Cl3N3O3. The van der Waals surface area contributed by atoms with Crippen LogP contribution in [0.5, 0.6) is 5.75 Å². The molecule has 34 heavy (non-hydrogen) atoms. The van der Waals surface area contributed by atoms with Crippen molar-refractivity contribution >= 4 is 58.0 Å². The second-order valence-corrected chi connectivity index (χ2v) is 8.58. The van der Waals surface area contributed by atoms with Gasteiger partial charge < -0.3 is 10.1 Å². The van der Waals surface area contributed by atoms with Gasteiger partial charge in [-0.1, -0.05) is 46.9 Å². The molecule has 6 nitrogen and oxygen atoms in total. The Morgan fingerprint density at radius 1 is 0.882 bits per heavy atom. The quantitative estimate of drug-likeness (QED) is 0.190. The summed E-state index contributed by atoms with van der Waals surface area (Å²) in [6.07, 6.45) is 0.749. The van der Waals surface area contributed by atoms with Crippen LogP contribution in [0.15, 0.2) is 71.8 Å². The van der Waals surface area contributed by atoms with Crippen molar-refractivity contribution < 1.29 is 14.3 Å². The lowest BCUT2D eigenvalue weighted by molar-refractivity contribution is -0.121. The van der Waals surface area contributed by atoms with Crippen molar-refractivity contribution in [3.05, 3.63) is 92.9 Å². The number of hydrogen-bond donors (Lipinski definition) is 2. The Kier molecular flexibility index (Phi) is 9.33. The summed E-state index contributed by atoms with van der Waals surface area (Å²) in [4.78, 5) is 24.4. The molecule has 0 radical (unpaired) electrons. The Morgan fingerprint density at radius 2 is 1.53 bits per heavy atom. The second kappa shape index (κ2) is 12.4. The minimum Gasteiger partial charge on any atom is -0.492 e. The van der Waals surface area contributed by atoms with Crippen LogP contribution in [-0.2, 0) is 4.79 Å². The molecular weight excluding hydrogens is 497 g/mol. The number of halogens is 3. The van der Waals surface area contributed by atoms with E-state index in [4.69, 9.17) is 39.5 Å². The maximum absolute atomic E-state index is 12.3. The van der Waals surface area contributed by atoms with E-state index in [1.807, 2.05) is 12.1 Å². The lowest BCUT2D eigenvalue weighted by Gasteiger charge is -2.08. The largest absolute Gasteiger partial charge is 0.492 e. The van der Waals surface area contributed by atoms with Gasteiger partial charge in [-0.2, -0.15) is 5.10 Å². The van der Waals surface area contributed by atoms with Crippen molar-refractivity contribution in [1.82, 2.24) is 5.43 Å². The monoisotopic (exact) mass is 517 g/mol. The van der Waals surface area contributed by atoms with Gasteiger partial charge >= 0.3 is 0 Å². The third-order valence-corrected chi connectivity index (χ3v) is 5.50. The molecule has 0 heterocycles. The normalized spacial score (nSPS) is 11.1. The second-order valence-electron chi connectivity index (χ2n) is 7.30. The van der Waals surface area contributed by atoms with E-state index in [1.54, 1.807) is 61.5 Å². The number of rotatable bonds is 9. The highest BCUT2D eigenvalue weighted by Crippen LogP contribution is 2.27. The van der Waals surface area contributed by atoms with Crippen LogP contribution >= 0.6 is 34.8 Å². The van der Waals surface area contributed by atoms with Crippen LogP contribution in [-0.4, -0.2) is 24.1 Å². The zero-order valence-electron chi connectivity index (χ0n) is 18.3. The number of carbonyl (C=O) groups excluding carboxylic acids is 2. The average molecular weight is 519 g/mol. The molecule has 3 aromatic rings. The van der Waals surface area contributed by atoms with Gasteiger partial charge in [-0.05, 0) is 73.5 Å². The summed E-state index contributed by atoms with van der Waals surface area (Å²) in [5.74, 6) is 0.0644. The smallest absolute Gasteiger partial charge is 0.255 e. The van der Waals surface area contributed by atoms with E-state index in [9.17, 15) is 9.59 Å². The van der Waals surface area contributed by atoms with Crippen LogP contribution in [0, 0.1) is 0 Å². The van der Waals surface area contributed by atoms with Crippen molar-refractivity contribution in [2.75, 3.05) is 11.9 Å². The number of amides is 2. The summed E-state index contributed by atoms with van der Waals surface area (Å²) in [6.45, 7) is 2.12. The molecule has 0 aliphatic carbocycles. The third-order valence-electron chi connectivity index (χ3n) is 4.71. The SMILES string of the molecule is C/C(=N/NC(=O)CCCOc1ccc(Cl)cc1Cl)c1ccc(NC(=O)c2ccc(Cl)cc2)cc1. The molecule has 0 saturated carbocycles. The first kappa shape index (κ1) is 25.6. The summed E-state index contributed by atoms with van der Waals surface area (Å²) in [6, 6.07) is 18.8.